The van der Waals surface area contributed by atoms with Gasteiger partial charge in [0.1, 0.15) is 0 Å². The molecule has 5 nitrogen and oxygen atoms in total. The number of H-pyrrole nitrogens is 1. The van der Waals surface area contributed by atoms with Gasteiger partial charge in [-0.15, -0.1) is 0 Å². The number of alkyl halides is 1. The van der Waals surface area contributed by atoms with Crippen LogP contribution < -0.4 is 11.3 Å². The van der Waals surface area contributed by atoms with Crippen molar-refractivity contribution in [1.82, 2.24) is 15.0 Å². The van der Waals surface area contributed by atoms with Gasteiger partial charge in [0, 0.05) is 11.5 Å². The van der Waals surface area contributed by atoms with Crippen LogP contribution in [0.5, 0.6) is 0 Å². The van der Waals surface area contributed by atoms with Crippen molar-refractivity contribution >= 4 is 32.9 Å². The number of nitrogens with one attached hydrogen (secondary N) is 1. The third kappa shape index (κ3) is 1.61. The SMILES string of the molecule is Cc1c(CBr)cnc2nc(N)[nH]c(=O)c12. The number of aryl methyl sites for hydroxylation is 1. The van der Waals surface area contributed by atoms with E-state index in [1.807, 2.05) is 6.92 Å². The molecular weight excluding hydrogens is 260 g/mol. The van der Waals surface area contributed by atoms with Crippen molar-refractivity contribution < 1.29 is 0 Å². The Morgan fingerprint density at radius 3 is 3.00 bits per heavy atom. The van der Waals surface area contributed by atoms with Gasteiger partial charge in [-0.25, -0.2) is 4.98 Å². The van der Waals surface area contributed by atoms with Gasteiger partial charge in [-0.05, 0) is 18.1 Å². The molecule has 0 spiro atoms. The summed E-state index contributed by atoms with van der Waals surface area (Å²) < 4.78 is 0. The maximum atomic E-state index is 11.7. The van der Waals surface area contributed by atoms with Gasteiger partial charge in [-0.2, -0.15) is 4.98 Å². The highest BCUT2D eigenvalue weighted by Gasteiger charge is 2.09. The average Bonchev–Trinajstić information content (AvgIpc) is 2.17. The van der Waals surface area contributed by atoms with Crippen molar-refractivity contribution in [2.24, 2.45) is 0 Å². The summed E-state index contributed by atoms with van der Waals surface area (Å²) in [6, 6.07) is 0. The first-order chi connectivity index (χ1) is 7.13. The summed E-state index contributed by atoms with van der Waals surface area (Å²) in [5.74, 6) is 0.0889. The molecule has 0 aromatic carbocycles. The molecule has 0 fully saturated rings. The Labute approximate surface area is 93.9 Å². The van der Waals surface area contributed by atoms with Crippen LogP contribution in [0.25, 0.3) is 11.0 Å². The van der Waals surface area contributed by atoms with Crippen molar-refractivity contribution in [3.63, 3.8) is 0 Å². The first kappa shape index (κ1) is 10.1. The number of rotatable bonds is 1. The molecule has 15 heavy (non-hydrogen) atoms. The van der Waals surface area contributed by atoms with Crippen LogP contribution in [0.1, 0.15) is 11.1 Å². The van der Waals surface area contributed by atoms with E-state index in [-0.39, 0.29) is 11.5 Å². The Bertz CT molecular complexity index is 578. The standard InChI is InChI=1S/C9H9BrN4O/c1-4-5(2-10)3-12-7-6(4)8(15)14-9(11)13-7/h3H,2H2,1H3,(H3,11,12,13,14,15). The summed E-state index contributed by atoms with van der Waals surface area (Å²) in [4.78, 5) is 22.2. The van der Waals surface area contributed by atoms with Crippen LogP contribution in [0, 0.1) is 6.92 Å². The molecule has 2 aromatic rings. The predicted octanol–water partition coefficient (Wildman–Crippen LogP) is 1.10. The molecule has 78 valence electrons. The first-order valence-electron chi connectivity index (χ1n) is 4.33. The van der Waals surface area contributed by atoms with Gasteiger partial charge in [0.15, 0.2) is 5.65 Å². The lowest BCUT2D eigenvalue weighted by molar-refractivity contribution is 1.13. The zero-order valence-electron chi connectivity index (χ0n) is 8.04. The number of anilines is 1. The minimum absolute atomic E-state index is 0.0889. The number of hydrogen-bond donors (Lipinski definition) is 2. The Morgan fingerprint density at radius 2 is 2.33 bits per heavy atom. The van der Waals surface area contributed by atoms with Gasteiger partial charge in [0.05, 0.1) is 5.39 Å². The second-order valence-electron chi connectivity index (χ2n) is 3.19. The highest BCUT2D eigenvalue weighted by Crippen LogP contribution is 2.17. The lowest BCUT2D eigenvalue weighted by Crippen LogP contribution is -2.13. The van der Waals surface area contributed by atoms with Crippen LogP contribution in [0.4, 0.5) is 5.95 Å². The lowest BCUT2D eigenvalue weighted by Gasteiger charge is -2.04. The summed E-state index contributed by atoms with van der Waals surface area (Å²) in [6.45, 7) is 1.87. The average molecular weight is 269 g/mol. The predicted molar refractivity (Wildman–Crippen MR) is 61.9 cm³/mol. The Balaban J connectivity index is 2.93. The number of fused-ring (bicyclic) bond motifs is 1. The number of nitrogen functional groups attached to an aromatic ring is 1. The molecule has 3 N–H and O–H groups in total. The molecule has 0 radical (unpaired) electrons. The summed E-state index contributed by atoms with van der Waals surface area (Å²) in [6.07, 6.45) is 1.69. The fourth-order valence-corrected chi connectivity index (χ4v) is 2.01. The van der Waals surface area contributed by atoms with Gasteiger partial charge in [-0.1, -0.05) is 15.9 Å². The number of aromatic amines is 1. The molecule has 6 heteroatoms. The second kappa shape index (κ2) is 3.62. The zero-order valence-corrected chi connectivity index (χ0v) is 9.63. The molecule has 2 rings (SSSR count). The van der Waals surface area contributed by atoms with E-state index in [1.165, 1.54) is 0 Å². The van der Waals surface area contributed by atoms with E-state index >= 15 is 0 Å². The van der Waals surface area contributed by atoms with Crippen molar-refractivity contribution in [3.05, 3.63) is 27.7 Å². The number of nitrogens with zero attached hydrogens (tertiary/aromatic N) is 2. The molecule has 0 amide bonds. The monoisotopic (exact) mass is 268 g/mol. The largest absolute Gasteiger partial charge is 0.369 e. The Morgan fingerprint density at radius 1 is 1.60 bits per heavy atom. The zero-order chi connectivity index (χ0) is 11.0. The second-order valence-corrected chi connectivity index (χ2v) is 3.75. The topological polar surface area (TPSA) is 84.7 Å². The number of hydrogen-bond acceptors (Lipinski definition) is 4. The summed E-state index contributed by atoms with van der Waals surface area (Å²) in [5.41, 5.74) is 7.42. The maximum Gasteiger partial charge on any atom is 0.262 e. The van der Waals surface area contributed by atoms with E-state index in [1.54, 1.807) is 6.20 Å². The number of aromatic nitrogens is 3. The molecule has 0 aliphatic rings. The fraction of sp³-hybridized carbons (Fsp3) is 0.222. The van der Waals surface area contributed by atoms with Crippen LogP contribution >= 0.6 is 15.9 Å². The quantitative estimate of drug-likeness (QED) is 0.759. The lowest BCUT2D eigenvalue weighted by atomic mass is 10.1. The van der Waals surface area contributed by atoms with Crippen LogP contribution in [0.2, 0.25) is 0 Å². The highest BCUT2D eigenvalue weighted by atomic mass is 79.9. The number of nitrogens with two attached hydrogens (primary N) is 1. The summed E-state index contributed by atoms with van der Waals surface area (Å²) in [5, 5.41) is 1.16. The molecule has 0 bridgehead atoms. The fourth-order valence-electron chi connectivity index (χ4n) is 1.44. The van der Waals surface area contributed by atoms with E-state index in [4.69, 9.17) is 5.73 Å². The van der Waals surface area contributed by atoms with Crippen molar-refractivity contribution in [3.8, 4) is 0 Å². The molecule has 0 aliphatic carbocycles. The number of pyridine rings is 1. The van der Waals surface area contributed by atoms with E-state index in [2.05, 4.69) is 30.9 Å². The van der Waals surface area contributed by atoms with Crippen LogP contribution in [-0.2, 0) is 5.33 Å². The van der Waals surface area contributed by atoms with Gasteiger partial charge in [0.2, 0.25) is 5.95 Å². The summed E-state index contributed by atoms with van der Waals surface area (Å²) >= 11 is 3.34. The first-order valence-corrected chi connectivity index (χ1v) is 5.45. The van der Waals surface area contributed by atoms with E-state index < -0.39 is 0 Å². The molecule has 0 saturated carbocycles. The van der Waals surface area contributed by atoms with Crippen molar-refractivity contribution in [2.45, 2.75) is 12.3 Å². The third-order valence-corrected chi connectivity index (χ3v) is 2.87. The molecular formula is C9H9BrN4O. The Hall–Kier alpha value is -1.43. The van der Waals surface area contributed by atoms with Gasteiger partial charge >= 0.3 is 0 Å². The molecule has 0 atom stereocenters. The normalized spacial score (nSPS) is 10.8. The molecule has 2 heterocycles. The summed E-state index contributed by atoms with van der Waals surface area (Å²) in [7, 11) is 0. The van der Waals surface area contributed by atoms with Crippen LogP contribution in [0.15, 0.2) is 11.0 Å². The molecule has 2 aromatic heterocycles. The number of halogens is 1. The Kier molecular flexibility index (Phi) is 2.44. The molecule has 0 unspecified atom stereocenters. The molecule has 0 aliphatic heterocycles. The van der Waals surface area contributed by atoms with E-state index in [9.17, 15) is 4.79 Å². The minimum atomic E-state index is -0.245. The van der Waals surface area contributed by atoms with E-state index in [0.717, 1.165) is 11.1 Å². The van der Waals surface area contributed by atoms with Gasteiger partial charge < -0.3 is 5.73 Å². The smallest absolute Gasteiger partial charge is 0.262 e. The van der Waals surface area contributed by atoms with Crippen molar-refractivity contribution in [2.75, 3.05) is 5.73 Å². The van der Waals surface area contributed by atoms with Crippen LogP contribution in [0.3, 0.4) is 0 Å². The van der Waals surface area contributed by atoms with Crippen molar-refractivity contribution in [1.29, 1.82) is 0 Å². The van der Waals surface area contributed by atoms with Gasteiger partial charge in [-0.3, -0.25) is 9.78 Å². The van der Waals surface area contributed by atoms with E-state index in [0.29, 0.717) is 16.4 Å². The van der Waals surface area contributed by atoms with Crippen LogP contribution in [-0.4, -0.2) is 15.0 Å². The highest BCUT2D eigenvalue weighted by molar-refractivity contribution is 9.08. The molecule has 0 saturated heterocycles. The third-order valence-electron chi connectivity index (χ3n) is 2.26. The maximum absolute atomic E-state index is 11.7. The minimum Gasteiger partial charge on any atom is -0.369 e. The van der Waals surface area contributed by atoms with Gasteiger partial charge in [0.25, 0.3) is 5.56 Å².